The second kappa shape index (κ2) is 8.34. The highest BCUT2D eigenvalue weighted by molar-refractivity contribution is 5.83. The number of hydrogen-bond acceptors (Lipinski definition) is 4. The highest BCUT2D eigenvalue weighted by Crippen LogP contribution is 2.17. The van der Waals surface area contributed by atoms with E-state index in [-0.39, 0.29) is 17.2 Å². The van der Waals surface area contributed by atoms with Gasteiger partial charge in [-0.2, -0.15) is 0 Å². The number of benzene rings is 1. The first-order valence-electron chi connectivity index (χ1n) is 8.90. The van der Waals surface area contributed by atoms with Gasteiger partial charge in [0.15, 0.2) is 0 Å². The van der Waals surface area contributed by atoms with E-state index in [2.05, 4.69) is 22.3 Å². The quantitative estimate of drug-likeness (QED) is 0.840. The fourth-order valence-electron chi connectivity index (χ4n) is 2.81. The minimum absolute atomic E-state index is 0.0809. The third-order valence-corrected chi connectivity index (χ3v) is 4.61. The fourth-order valence-corrected chi connectivity index (χ4v) is 2.81. The Bertz CT molecular complexity index is 575. The van der Waals surface area contributed by atoms with Crippen molar-refractivity contribution in [2.24, 2.45) is 11.1 Å². The monoisotopic (exact) mass is 346 g/mol. The molecule has 1 aromatic carbocycles. The number of amides is 2. The second-order valence-corrected chi connectivity index (χ2v) is 7.59. The van der Waals surface area contributed by atoms with Gasteiger partial charge in [-0.3, -0.25) is 9.59 Å². The summed E-state index contributed by atoms with van der Waals surface area (Å²) >= 11 is 0. The number of para-hydroxylation sites is 1. The average molecular weight is 346 g/mol. The van der Waals surface area contributed by atoms with Crippen molar-refractivity contribution in [3.63, 3.8) is 0 Å². The van der Waals surface area contributed by atoms with Crippen LogP contribution in [0.15, 0.2) is 30.3 Å². The zero-order chi connectivity index (χ0) is 18.4. The molecule has 2 amide bonds. The van der Waals surface area contributed by atoms with E-state index >= 15 is 0 Å². The number of piperazine rings is 1. The van der Waals surface area contributed by atoms with Gasteiger partial charge in [0.2, 0.25) is 11.8 Å². The molecule has 138 valence electrons. The Morgan fingerprint density at radius 2 is 1.72 bits per heavy atom. The molecule has 0 bridgehead atoms. The second-order valence-electron chi connectivity index (χ2n) is 7.59. The topological polar surface area (TPSA) is 78.7 Å². The summed E-state index contributed by atoms with van der Waals surface area (Å²) in [5.41, 5.74) is 6.81. The summed E-state index contributed by atoms with van der Waals surface area (Å²) in [6.45, 7) is 9.19. The Hall–Kier alpha value is -2.08. The molecule has 25 heavy (non-hydrogen) atoms. The van der Waals surface area contributed by atoms with Gasteiger partial charge in [-0.05, 0) is 17.5 Å². The number of nitrogens with one attached hydrogen (secondary N) is 1. The molecule has 1 heterocycles. The Balaban J connectivity index is 1.71. The molecule has 0 aromatic heterocycles. The van der Waals surface area contributed by atoms with Crippen LogP contribution in [0.2, 0.25) is 0 Å². The van der Waals surface area contributed by atoms with Crippen LogP contribution in [-0.2, 0) is 9.59 Å². The molecule has 3 N–H and O–H groups in total. The van der Waals surface area contributed by atoms with Crippen molar-refractivity contribution in [2.75, 3.05) is 37.6 Å². The number of carbonyl (C=O) groups is 2. The van der Waals surface area contributed by atoms with E-state index in [1.807, 2.05) is 43.9 Å². The Labute approximate surface area is 150 Å². The number of hydrogen-bond donors (Lipinski definition) is 2. The van der Waals surface area contributed by atoms with E-state index in [4.69, 9.17) is 5.73 Å². The van der Waals surface area contributed by atoms with Crippen LogP contribution in [0.3, 0.4) is 0 Å². The molecular weight excluding hydrogens is 316 g/mol. The highest BCUT2D eigenvalue weighted by Gasteiger charge is 2.27. The third kappa shape index (κ3) is 5.46. The molecule has 1 atom stereocenters. The summed E-state index contributed by atoms with van der Waals surface area (Å²) in [6.07, 6.45) is 0.313. The molecule has 1 aliphatic rings. The fraction of sp³-hybridized carbons (Fsp3) is 0.579. The molecule has 0 aliphatic carbocycles. The summed E-state index contributed by atoms with van der Waals surface area (Å²) in [4.78, 5) is 28.4. The summed E-state index contributed by atoms with van der Waals surface area (Å²) < 4.78 is 0. The normalized spacial score (nSPS) is 16.5. The van der Waals surface area contributed by atoms with Gasteiger partial charge in [-0.1, -0.05) is 39.0 Å². The molecule has 0 unspecified atom stereocenters. The molecule has 1 aromatic rings. The van der Waals surface area contributed by atoms with Crippen LogP contribution in [0.4, 0.5) is 5.69 Å². The van der Waals surface area contributed by atoms with Crippen molar-refractivity contribution in [2.45, 2.75) is 33.2 Å². The number of nitrogens with zero attached hydrogens (tertiary/aromatic N) is 2. The zero-order valence-electron chi connectivity index (χ0n) is 15.5. The SMILES string of the molecule is CC(C)(C)[C@H](N)C(=O)NCCC(=O)N1CCN(c2ccccc2)CC1. The number of nitrogens with two attached hydrogens (primary N) is 1. The lowest BCUT2D eigenvalue weighted by molar-refractivity contribution is -0.131. The lowest BCUT2D eigenvalue weighted by Crippen LogP contribution is -2.51. The van der Waals surface area contributed by atoms with Crippen molar-refractivity contribution in [3.05, 3.63) is 30.3 Å². The van der Waals surface area contributed by atoms with Crippen molar-refractivity contribution < 1.29 is 9.59 Å². The van der Waals surface area contributed by atoms with Crippen LogP contribution >= 0.6 is 0 Å². The molecule has 2 rings (SSSR count). The molecule has 6 nitrogen and oxygen atoms in total. The Morgan fingerprint density at radius 1 is 1.12 bits per heavy atom. The van der Waals surface area contributed by atoms with Gasteiger partial charge in [0.05, 0.1) is 6.04 Å². The maximum Gasteiger partial charge on any atom is 0.237 e. The summed E-state index contributed by atoms with van der Waals surface area (Å²) in [5.74, 6) is -0.119. The summed E-state index contributed by atoms with van der Waals surface area (Å²) in [6, 6.07) is 9.66. The zero-order valence-corrected chi connectivity index (χ0v) is 15.5. The van der Waals surface area contributed by atoms with Gasteiger partial charge < -0.3 is 20.9 Å². The van der Waals surface area contributed by atoms with Crippen molar-refractivity contribution in [1.29, 1.82) is 0 Å². The Morgan fingerprint density at radius 3 is 2.28 bits per heavy atom. The van der Waals surface area contributed by atoms with Crippen LogP contribution in [0.5, 0.6) is 0 Å². The molecule has 1 fully saturated rings. The summed E-state index contributed by atoms with van der Waals surface area (Å²) in [7, 11) is 0. The average Bonchev–Trinajstić information content (AvgIpc) is 2.61. The van der Waals surface area contributed by atoms with E-state index in [9.17, 15) is 9.59 Å². The van der Waals surface area contributed by atoms with E-state index in [0.29, 0.717) is 26.1 Å². The number of anilines is 1. The lowest BCUT2D eigenvalue weighted by Gasteiger charge is -2.36. The lowest BCUT2D eigenvalue weighted by atomic mass is 9.87. The predicted molar refractivity (Wildman–Crippen MR) is 100 cm³/mol. The van der Waals surface area contributed by atoms with Gasteiger partial charge in [0.1, 0.15) is 0 Å². The predicted octanol–water partition coefficient (Wildman–Crippen LogP) is 1.21. The van der Waals surface area contributed by atoms with Gasteiger partial charge in [0, 0.05) is 44.8 Å². The molecule has 1 saturated heterocycles. The smallest absolute Gasteiger partial charge is 0.237 e. The van der Waals surface area contributed by atoms with E-state index in [1.165, 1.54) is 5.69 Å². The largest absolute Gasteiger partial charge is 0.368 e. The van der Waals surface area contributed by atoms with E-state index in [0.717, 1.165) is 13.1 Å². The number of carbonyl (C=O) groups excluding carboxylic acids is 2. The standard InChI is InChI=1S/C19H30N4O2/c1-19(2,3)17(20)18(25)21-10-9-16(24)23-13-11-22(12-14-23)15-7-5-4-6-8-15/h4-8,17H,9-14,20H2,1-3H3,(H,21,25)/t17-/m1/s1. The first kappa shape index (κ1) is 19.2. The molecule has 0 spiro atoms. The van der Waals surface area contributed by atoms with E-state index in [1.54, 1.807) is 0 Å². The van der Waals surface area contributed by atoms with Crippen LogP contribution in [0.25, 0.3) is 0 Å². The van der Waals surface area contributed by atoms with Crippen LogP contribution < -0.4 is 16.0 Å². The van der Waals surface area contributed by atoms with E-state index < -0.39 is 6.04 Å². The van der Waals surface area contributed by atoms with Crippen LogP contribution in [-0.4, -0.2) is 55.5 Å². The Kier molecular flexibility index (Phi) is 6.42. The van der Waals surface area contributed by atoms with Crippen LogP contribution in [0, 0.1) is 5.41 Å². The van der Waals surface area contributed by atoms with Gasteiger partial charge >= 0.3 is 0 Å². The van der Waals surface area contributed by atoms with Gasteiger partial charge in [-0.25, -0.2) is 0 Å². The van der Waals surface area contributed by atoms with Gasteiger partial charge in [-0.15, -0.1) is 0 Å². The first-order valence-corrected chi connectivity index (χ1v) is 8.90. The maximum atomic E-state index is 12.3. The van der Waals surface area contributed by atoms with Crippen molar-refractivity contribution in [3.8, 4) is 0 Å². The third-order valence-electron chi connectivity index (χ3n) is 4.61. The summed E-state index contributed by atoms with van der Waals surface area (Å²) in [5, 5.41) is 2.77. The molecular formula is C19H30N4O2. The minimum Gasteiger partial charge on any atom is -0.368 e. The molecule has 0 radical (unpaired) electrons. The minimum atomic E-state index is -0.572. The van der Waals surface area contributed by atoms with Crippen LogP contribution in [0.1, 0.15) is 27.2 Å². The molecule has 0 saturated carbocycles. The molecule has 1 aliphatic heterocycles. The van der Waals surface area contributed by atoms with Crippen molar-refractivity contribution in [1.82, 2.24) is 10.2 Å². The number of rotatable bonds is 5. The maximum absolute atomic E-state index is 12.3. The molecule has 6 heteroatoms. The highest BCUT2D eigenvalue weighted by atomic mass is 16.2. The van der Waals surface area contributed by atoms with Crippen molar-refractivity contribution >= 4 is 17.5 Å². The first-order chi connectivity index (χ1) is 11.8. The van der Waals surface area contributed by atoms with Gasteiger partial charge in [0.25, 0.3) is 0 Å².